The molecule has 174 valence electrons. The van der Waals surface area contributed by atoms with Crippen LogP contribution in [0.15, 0.2) is 48.5 Å². The number of carbonyl (C=O) groups excluding carboxylic acids is 2. The number of amides is 2. The summed E-state index contributed by atoms with van der Waals surface area (Å²) < 4.78 is 5.66. The number of ether oxygens (including phenoxy) is 1. The Labute approximate surface area is 193 Å². The van der Waals surface area contributed by atoms with Crippen molar-refractivity contribution in [2.24, 2.45) is 5.41 Å². The molecule has 0 aromatic heterocycles. The van der Waals surface area contributed by atoms with E-state index in [1.54, 1.807) is 6.92 Å². The van der Waals surface area contributed by atoms with E-state index in [9.17, 15) is 14.4 Å². The predicted molar refractivity (Wildman–Crippen MR) is 124 cm³/mol. The van der Waals surface area contributed by atoms with Gasteiger partial charge in [0, 0.05) is 12.0 Å². The van der Waals surface area contributed by atoms with E-state index in [-0.39, 0.29) is 18.4 Å². The number of alkyl carbamates (subject to hydrolysis) is 1. The van der Waals surface area contributed by atoms with Gasteiger partial charge in [-0.05, 0) is 48.9 Å². The minimum Gasteiger partial charge on any atom is -0.480 e. The molecule has 1 fully saturated rings. The number of carboxylic acid groups (broad SMARTS) is 1. The predicted octanol–water partition coefficient (Wildman–Crippen LogP) is 4.06. The second-order valence-electron chi connectivity index (χ2n) is 9.22. The zero-order valence-corrected chi connectivity index (χ0v) is 19.0. The first kappa shape index (κ1) is 22.8. The van der Waals surface area contributed by atoms with Crippen LogP contribution in [0.4, 0.5) is 4.79 Å². The summed E-state index contributed by atoms with van der Waals surface area (Å²) in [6, 6.07) is 14.9. The van der Waals surface area contributed by atoms with Crippen LogP contribution in [0.2, 0.25) is 0 Å². The molecule has 0 radical (unpaired) electrons. The topological polar surface area (TPSA) is 105 Å². The maximum Gasteiger partial charge on any atom is 0.407 e. The van der Waals surface area contributed by atoms with Gasteiger partial charge in [-0.25, -0.2) is 4.79 Å². The van der Waals surface area contributed by atoms with Crippen LogP contribution in [0.25, 0.3) is 11.1 Å². The van der Waals surface area contributed by atoms with Gasteiger partial charge in [-0.2, -0.15) is 0 Å². The Bertz CT molecular complexity index is 1020. The van der Waals surface area contributed by atoms with Gasteiger partial charge in [0.1, 0.15) is 12.6 Å². The average molecular weight is 451 g/mol. The van der Waals surface area contributed by atoms with Crippen LogP contribution in [0.1, 0.15) is 56.6 Å². The van der Waals surface area contributed by atoms with Crippen molar-refractivity contribution < 1.29 is 24.2 Å². The first-order valence-corrected chi connectivity index (χ1v) is 11.5. The van der Waals surface area contributed by atoms with E-state index in [4.69, 9.17) is 9.84 Å². The van der Waals surface area contributed by atoms with E-state index in [0.29, 0.717) is 12.8 Å². The molecule has 0 heterocycles. The molecule has 0 bridgehead atoms. The summed E-state index contributed by atoms with van der Waals surface area (Å²) in [6.07, 6.45) is 2.36. The number of nitrogens with one attached hydrogen (secondary N) is 2. The molecule has 3 atom stereocenters. The molecule has 0 saturated heterocycles. The van der Waals surface area contributed by atoms with Crippen molar-refractivity contribution >= 4 is 18.0 Å². The van der Waals surface area contributed by atoms with Gasteiger partial charge in [0.2, 0.25) is 5.91 Å². The monoisotopic (exact) mass is 450 g/mol. The average Bonchev–Trinajstić information content (AvgIpc) is 3.13. The fourth-order valence-corrected chi connectivity index (χ4v) is 5.04. The molecule has 7 heteroatoms. The summed E-state index contributed by atoms with van der Waals surface area (Å²) in [7, 11) is 0. The van der Waals surface area contributed by atoms with E-state index < -0.39 is 29.6 Å². The molecule has 0 aliphatic heterocycles. The van der Waals surface area contributed by atoms with Crippen molar-refractivity contribution in [2.75, 3.05) is 6.61 Å². The molecule has 7 nitrogen and oxygen atoms in total. The fourth-order valence-electron chi connectivity index (χ4n) is 5.04. The Balaban J connectivity index is 1.43. The number of carbonyl (C=O) groups is 3. The van der Waals surface area contributed by atoms with Gasteiger partial charge in [0.05, 0.1) is 5.41 Å². The van der Waals surface area contributed by atoms with Crippen LogP contribution < -0.4 is 10.6 Å². The highest BCUT2D eigenvalue weighted by Crippen LogP contribution is 2.44. The van der Waals surface area contributed by atoms with Crippen LogP contribution in [-0.2, 0) is 14.3 Å². The SMILES string of the molecule is CC(NC(=O)C1(C)CCCCC1NC(=O)OCC1c2ccccc2-c2ccccc21)C(=O)O. The van der Waals surface area contributed by atoms with E-state index >= 15 is 0 Å². The molecule has 0 spiro atoms. The summed E-state index contributed by atoms with van der Waals surface area (Å²) in [5, 5.41) is 14.6. The molecule has 33 heavy (non-hydrogen) atoms. The lowest BCUT2D eigenvalue weighted by Gasteiger charge is -2.40. The van der Waals surface area contributed by atoms with Gasteiger partial charge in [0.25, 0.3) is 0 Å². The van der Waals surface area contributed by atoms with Gasteiger partial charge < -0.3 is 20.5 Å². The minimum absolute atomic E-state index is 0.0411. The van der Waals surface area contributed by atoms with Crippen molar-refractivity contribution in [3.8, 4) is 11.1 Å². The highest BCUT2D eigenvalue weighted by Gasteiger charge is 2.44. The smallest absolute Gasteiger partial charge is 0.407 e. The number of fused-ring (bicyclic) bond motifs is 3. The standard InChI is InChI=1S/C26H30N2O5/c1-16(23(29)30)27-24(31)26(2)14-8-7-13-22(26)28-25(32)33-15-21-19-11-5-3-9-17(19)18-10-4-6-12-20(18)21/h3-6,9-12,16,21-22H,7-8,13-15H2,1-2H3,(H,27,31)(H,28,32)(H,29,30). The zero-order valence-electron chi connectivity index (χ0n) is 19.0. The fraction of sp³-hybridized carbons (Fsp3) is 0.423. The molecule has 4 rings (SSSR count). The summed E-state index contributed by atoms with van der Waals surface area (Å²) in [4.78, 5) is 36.8. The first-order valence-electron chi connectivity index (χ1n) is 11.5. The molecule has 2 aliphatic carbocycles. The molecule has 2 aromatic carbocycles. The van der Waals surface area contributed by atoms with Crippen molar-refractivity contribution in [3.05, 3.63) is 59.7 Å². The van der Waals surface area contributed by atoms with Crippen LogP contribution in [0.5, 0.6) is 0 Å². The molecule has 3 unspecified atom stereocenters. The lowest BCUT2D eigenvalue weighted by atomic mass is 9.71. The highest BCUT2D eigenvalue weighted by molar-refractivity contribution is 5.88. The van der Waals surface area contributed by atoms with Gasteiger partial charge in [-0.3, -0.25) is 9.59 Å². The third-order valence-corrected chi connectivity index (χ3v) is 7.08. The summed E-state index contributed by atoms with van der Waals surface area (Å²) >= 11 is 0. The van der Waals surface area contributed by atoms with Crippen molar-refractivity contribution in [1.29, 1.82) is 0 Å². The zero-order chi connectivity index (χ0) is 23.6. The Hall–Kier alpha value is -3.35. The number of carboxylic acids is 1. The number of hydrogen-bond acceptors (Lipinski definition) is 4. The summed E-state index contributed by atoms with van der Waals surface area (Å²) in [6.45, 7) is 3.41. The maximum atomic E-state index is 12.9. The molecule has 2 aromatic rings. The van der Waals surface area contributed by atoms with Gasteiger partial charge in [-0.1, -0.05) is 61.4 Å². The van der Waals surface area contributed by atoms with E-state index in [1.165, 1.54) is 6.92 Å². The Morgan fingerprint density at radius 1 is 1.06 bits per heavy atom. The molecule has 1 saturated carbocycles. The van der Waals surface area contributed by atoms with Gasteiger partial charge >= 0.3 is 12.1 Å². The Morgan fingerprint density at radius 3 is 2.27 bits per heavy atom. The highest BCUT2D eigenvalue weighted by atomic mass is 16.5. The molecular formula is C26H30N2O5. The molecule has 3 N–H and O–H groups in total. The van der Waals surface area contributed by atoms with Crippen LogP contribution >= 0.6 is 0 Å². The largest absolute Gasteiger partial charge is 0.480 e. The van der Waals surface area contributed by atoms with Crippen LogP contribution in [0.3, 0.4) is 0 Å². The first-order chi connectivity index (χ1) is 15.8. The van der Waals surface area contributed by atoms with Crippen molar-refractivity contribution in [1.82, 2.24) is 10.6 Å². The molecular weight excluding hydrogens is 420 g/mol. The van der Waals surface area contributed by atoms with Crippen LogP contribution in [0, 0.1) is 5.41 Å². The normalized spacial score (nSPS) is 22.5. The third-order valence-electron chi connectivity index (χ3n) is 7.08. The molecule has 2 aliphatic rings. The lowest BCUT2D eigenvalue weighted by molar-refractivity contribution is -0.144. The minimum atomic E-state index is -1.09. The molecule has 2 amide bonds. The number of hydrogen-bond donors (Lipinski definition) is 3. The van der Waals surface area contributed by atoms with Crippen molar-refractivity contribution in [2.45, 2.75) is 57.5 Å². The number of aliphatic carboxylic acids is 1. The van der Waals surface area contributed by atoms with E-state index in [2.05, 4.69) is 34.9 Å². The van der Waals surface area contributed by atoms with Crippen LogP contribution in [-0.4, -0.2) is 41.8 Å². The summed E-state index contributed by atoms with van der Waals surface area (Å²) in [5.41, 5.74) is 3.69. The Kier molecular flexibility index (Phi) is 6.40. The maximum absolute atomic E-state index is 12.9. The van der Waals surface area contributed by atoms with Crippen molar-refractivity contribution in [3.63, 3.8) is 0 Å². The van der Waals surface area contributed by atoms with E-state index in [1.807, 2.05) is 24.3 Å². The second-order valence-corrected chi connectivity index (χ2v) is 9.22. The van der Waals surface area contributed by atoms with Gasteiger partial charge in [0.15, 0.2) is 0 Å². The van der Waals surface area contributed by atoms with E-state index in [0.717, 1.165) is 35.1 Å². The van der Waals surface area contributed by atoms with Gasteiger partial charge in [-0.15, -0.1) is 0 Å². The second kappa shape index (κ2) is 9.25. The lowest BCUT2D eigenvalue weighted by Crippen LogP contribution is -2.57. The summed E-state index contributed by atoms with van der Waals surface area (Å²) in [5.74, 6) is -1.49. The number of benzene rings is 2. The quantitative estimate of drug-likeness (QED) is 0.616. The number of rotatable bonds is 6. The third kappa shape index (κ3) is 4.45. The Morgan fingerprint density at radius 2 is 1.67 bits per heavy atom.